The van der Waals surface area contributed by atoms with Crippen molar-refractivity contribution in [2.24, 2.45) is 11.8 Å². The van der Waals surface area contributed by atoms with E-state index in [9.17, 15) is 14.8 Å². The van der Waals surface area contributed by atoms with Gasteiger partial charge >= 0.3 is 5.97 Å². The standard InChI is InChI=1S/C20H22N2O4/c1-11(23)13-10-22(25)8-7-20-14-5-3-4-6-15(14)21-18(20)17(19(24)26-2)12(13)9-16(20)22/h3-6,12-13,16,21H,7-10H2,1-2H3/t12?,13-,16?,20-,22-/m1/s1. The number of Topliss-reactive ketones (excluding diaryl/α,β-unsaturated/α-hetero) is 1. The first-order valence-electron chi connectivity index (χ1n) is 9.20. The molecule has 4 aliphatic rings. The molecule has 2 saturated heterocycles. The summed E-state index contributed by atoms with van der Waals surface area (Å²) in [6.45, 7) is 2.28. The Kier molecular flexibility index (Phi) is 3.06. The summed E-state index contributed by atoms with van der Waals surface area (Å²) in [4.78, 5) is 25.1. The molecule has 1 aromatic carbocycles. The van der Waals surface area contributed by atoms with Crippen molar-refractivity contribution in [1.29, 1.82) is 0 Å². The van der Waals surface area contributed by atoms with E-state index in [1.54, 1.807) is 0 Å². The van der Waals surface area contributed by atoms with E-state index in [4.69, 9.17) is 4.74 Å². The number of rotatable bonds is 2. The highest BCUT2D eigenvalue weighted by Gasteiger charge is 2.68. The summed E-state index contributed by atoms with van der Waals surface area (Å²) >= 11 is 0. The predicted octanol–water partition coefficient (Wildman–Crippen LogP) is 2.10. The van der Waals surface area contributed by atoms with E-state index in [0.717, 1.165) is 16.9 Å². The number of carbonyl (C=O) groups is 2. The number of nitrogens with one attached hydrogen (secondary N) is 1. The molecule has 0 aromatic heterocycles. The molecule has 0 radical (unpaired) electrons. The Morgan fingerprint density at radius 3 is 2.85 bits per heavy atom. The van der Waals surface area contributed by atoms with E-state index in [-0.39, 0.29) is 34.9 Å². The van der Waals surface area contributed by atoms with E-state index < -0.39 is 11.3 Å². The Hall–Kier alpha value is -2.18. The highest BCUT2D eigenvalue weighted by Crippen LogP contribution is 2.63. The number of ether oxygens (including phenoxy) is 1. The smallest absolute Gasteiger partial charge is 0.335 e. The Morgan fingerprint density at radius 1 is 1.35 bits per heavy atom. The number of nitrogens with zero attached hydrogens (tertiary/aromatic N) is 1. The van der Waals surface area contributed by atoms with Gasteiger partial charge in [-0.05, 0) is 18.6 Å². The normalized spacial score (nSPS) is 39.1. The lowest BCUT2D eigenvalue weighted by Gasteiger charge is -2.57. The van der Waals surface area contributed by atoms with Crippen LogP contribution in [-0.2, 0) is 19.7 Å². The van der Waals surface area contributed by atoms with Crippen molar-refractivity contribution in [3.63, 3.8) is 0 Å². The van der Waals surface area contributed by atoms with Crippen molar-refractivity contribution in [2.75, 3.05) is 25.5 Å². The second-order valence-corrected chi connectivity index (χ2v) is 8.11. The van der Waals surface area contributed by atoms with Gasteiger partial charge in [0, 0.05) is 30.1 Å². The number of piperidine rings is 1. The zero-order valence-corrected chi connectivity index (χ0v) is 15.0. The van der Waals surface area contributed by atoms with Crippen molar-refractivity contribution in [3.8, 4) is 0 Å². The maximum atomic E-state index is 13.7. The first kappa shape index (κ1) is 16.0. The van der Waals surface area contributed by atoms with Crippen LogP contribution in [0, 0.1) is 17.0 Å². The van der Waals surface area contributed by atoms with Crippen LogP contribution in [0.1, 0.15) is 25.3 Å². The Morgan fingerprint density at radius 2 is 2.12 bits per heavy atom. The van der Waals surface area contributed by atoms with Gasteiger partial charge in [0.1, 0.15) is 11.8 Å². The number of benzene rings is 1. The fraction of sp³-hybridized carbons (Fsp3) is 0.500. The molecule has 0 saturated carbocycles. The van der Waals surface area contributed by atoms with Crippen molar-refractivity contribution in [2.45, 2.75) is 31.2 Å². The minimum absolute atomic E-state index is 0.0151. The monoisotopic (exact) mass is 354 g/mol. The Bertz CT molecular complexity index is 878. The number of fused-ring (bicyclic) bond motifs is 2. The predicted molar refractivity (Wildman–Crippen MR) is 94.8 cm³/mol. The van der Waals surface area contributed by atoms with Gasteiger partial charge in [0.15, 0.2) is 0 Å². The van der Waals surface area contributed by atoms with Gasteiger partial charge in [0.05, 0.1) is 37.1 Å². The molecule has 26 heavy (non-hydrogen) atoms. The van der Waals surface area contributed by atoms with Gasteiger partial charge in [-0.25, -0.2) is 4.79 Å². The summed E-state index contributed by atoms with van der Waals surface area (Å²) in [5.41, 5.74) is 3.00. The maximum Gasteiger partial charge on any atom is 0.335 e. The van der Waals surface area contributed by atoms with Crippen LogP contribution < -0.4 is 5.32 Å². The van der Waals surface area contributed by atoms with Gasteiger partial charge in [0.25, 0.3) is 0 Å². The van der Waals surface area contributed by atoms with Crippen molar-refractivity contribution >= 4 is 17.4 Å². The lowest BCUT2D eigenvalue weighted by Crippen LogP contribution is -2.63. The summed E-state index contributed by atoms with van der Waals surface area (Å²) in [6, 6.07) is 7.85. The first-order valence-corrected chi connectivity index (χ1v) is 9.20. The number of para-hydroxylation sites is 1. The van der Waals surface area contributed by atoms with Gasteiger partial charge in [-0.3, -0.25) is 4.79 Å². The van der Waals surface area contributed by atoms with Crippen molar-refractivity contribution < 1.29 is 19.0 Å². The summed E-state index contributed by atoms with van der Waals surface area (Å²) in [6.07, 6.45) is 1.26. The molecule has 6 nitrogen and oxygen atoms in total. The summed E-state index contributed by atoms with van der Waals surface area (Å²) in [7, 11) is 1.38. The molecule has 5 atom stereocenters. The zero-order valence-electron chi connectivity index (χ0n) is 15.0. The molecule has 2 unspecified atom stereocenters. The number of hydrogen-bond donors (Lipinski definition) is 1. The number of hydroxylamine groups is 3. The molecule has 1 aromatic rings. The summed E-state index contributed by atoms with van der Waals surface area (Å²) in [5, 5.41) is 17.1. The third-order valence-electron chi connectivity index (χ3n) is 7.17. The quantitative estimate of drug-likeness (QED) is 0.500. The Labute approximate surface area is 152 Å². The molecule has 2 bridgehead atoms. The number of methoxy groups -OCH3 is 1. The van der Waals surface area contributed by atoms with Gasteiger partial charge < -0.3 is 19.9 Å². The van der Waals surface area contributed by atoms with Crippen LogP contribution in [0.3, 0.4) is 0 Å². The third-order valence-corrected chi connectivity index (χ3v) is 7.17. The molecule has 1 aliphatic carbocycles. The molecule has 6 heteroatoms. The zero-order chi connectivity index (χ0) is 18.3. The fourth-order valence-electron chi connectivity index (χ4n) is 6.12. The highest BCUT2D eigenvalue weighted by molar-refractivity contribution is 5.95. The van der Waals surface area contributed by atoms with Crippen LogP contribution in [0.5, 0.6) is 0 Å². The molecule has 1 N–H and O–H groups in total. The number of carbonyl (C=O) groups excluding carboxylic acids is 2. The average Bonchev–Trinajstić information content (AvgIpc) is 3.14. The van der Waals surface area contributed by atoms with E-state index in [1.165, 1.54) is 14.0 Å². The van der Waals surface area contributed by atoms with Gasteiger partial charge in [-0.15, -0.1) is 0 Å². The first-order chi connectivity index (χ1) is 12.4. The average molecular weight is 354 g/mol. The van der Waals surface area contributed by atoms with Crippen LogP contribution in [-0.4, -0.2) is 42.6 Å². The van der Waals surface area contributed by atoms with Crippen LogP contribution in [0.15, 0.2) is 35.5 Å². The van der Waals surface area contributed by atoms with Crippen LogP contribution in [0.2, 0.25) is 0 Å². The molecule has 1 spiro atoms. The highest BCUT2D eigenvalue weighted by atomic mass is 16.6. The topological polar surface area (TPSA) is 78.5 Å². The number of esters is 1. The van der Waals surface area contributed by atoms with Crippen LogP contribution >= 0.6 is 0 Å². The third kappa shape index (κ3) is 1.69. The summed E-state index contributed by atoms with van der Waals surface area (Å²) < 4.78 is 4.79. The van der Waals surface area contributed by atoms with Crippen molar-refractivity contribution in [1.82, 2.24) is 0 Å². The number of ketones is 1. The fourth-order valence-corrected chi connectivity index (χ4v) is 6.12. The van der Waals surface area contributed by atoms with E-state index in [1.807, 2.05) is 18.2 Å². The second kappa shape index (κ2) is 4.96. The summed E-state index contributed by atoms with van der Waals surface area (Å²) in [5.74, 6) is -1.06. The minimum atomic E-state index is -0.458. The molecule has 2 fully saturated rings. The van der Waals surface area contributed by atoms with Crippen LogP contribution in [0.25, 0.3) is 0 Å². The maximum absolute atomic E-state index is 13.7. The molecule has 136 valence electrons. The van der Waals surface area contributed by atoms with E-state index in [2.05, 4.69) is 11.4 Å². The lowest BCUT2D eigenvalue weighted by atomic mass is 9.60. The number of hydrogen-bond acceptors (Lipinski definition) is 5. The van der Waals surface area contributed by atoms with Crippen molar-refractivity contribution in [3.05, 3.63) is 46.3 Å². The van der Waals surface area contributed by atoms with Gasteiger partial charge in [-0.2, -0.15) is 0 Å². The molecule has 3 heterocycles. The number of quaternary nitrogens is 1. The van der Waals surface area contributed by atoms with Gasteiger partial charge in [-0.1, -0.05) is 18.2 Å². The van der Waals surface area contributed by atoms with Crippen LogP contribution in [0.4, 0.5) is 5.69 Å². The Balaban J connectivity index is 1.82. The minimum Gasteiger partial charge on any atom is -0.633 e. The number of anilines is 1. The SMILES string of the molecule is COC(=O)C1=C2Nc3ccccc3[C@@]23CC[N@@+]2([O-])C[C@H](C(C)=O)C1CC32. The molecule has 5 rings (SSSR count). The van der Waals surface area contributed by atoms with Gasteiger partial charge in [0.2, 0.25) is 0 Å². The second-order valence-electron chi connectivity index (χ2n) is 8.11. The molecule has 3 aliphatic heterocycles. The molecular weight excluding hydrogens is 332 g/mol. The largest absolute Gasteiger partial charge is 0.633 e. The van der Waals surface area contributed by atoms with E-state index in [0.29, 0.717) is 25.0 Å². The lowest BCUT2D eigenvalue weighted by molar-refractivity contribution is -0.903. The van der Waals surface area contributed by atoms with E-state index >= 15 is 0 Å². The molecular formula is C20H22N2O4. The molecule has 0 amide bonds.